The molecule has 82 valence electrons. The third kappa shape index (κ3) is 2.57. The molecule has 0 heterocycles. The summed E-state index contributed by atoms with van der Waals surface area (Å²) in [7, 11) is 0. The first-order valence-corrected chi connectivity index (χ1v) is 5.57. The Bertz CT molecular complexity index is 333. The van der Waals surface area contributed by atoms with E-state index in [9.17, 15) is 4.39 Å². The van der Waals surface area contributed by atoms with Crippen molar-refractivity contribution in [3.05, 3.63) is 35.6 Å². The van der Waals surface area contributed by atoms with E-state index in [1.807, 2.05) is 12.1 Å². The van der Waals surface area contributed by atoms with Gasteiger partial charge in [0.05, 0.1) is 0 Å². The van der Waals surface area contributed by atoms with Crippen molar-refractivity contribution in [2.45, 2.75) is 38.6 Å². The number of halogens is 1. The molecular weight excluding hydrogens is 189 g/mol. The number of hydrogen-bond acceptors (Lipinski definition) is 1. The first-order valence-electron chi connectivity index (χ1n) is 5.57. The molecule has 2 atom stereocenters. The van der Waals surface area contributed by atoms with Gasteiger partial charge in [0, 0.05) is 6.04 Å². The SMILES string of the molecule is CC1(Cc2ccc(F)cc2)CCC(N)C1. The highest BCUT2D eigenvalue weighted by atomic mass is 19.1. The van der Waals surface area contributed by atoms with Gasteiger partial charge in [0.1, 0.15) is 5.82 Å². The second-order valence-electron chi connectivity index (χ2n) is 5.12. The van der Waals surface area contributed by atoms with Gasteiger partial charge in [-0.25, -0.2) is 4.39 Å². The molecule has 2 heteroatoms. The van der Waals surface area contributed by atoms with Crippen LogP contribution in [0.4, 0.5) is 4.39 Å². The van der Waals surface area contributed by atoms with Crippen molar-refractivity contribution in [3.8, 4) is 0 Å². The fourth-order valence-electron chi connectivity index (χ4n) is 2.63. The molecule has 1 nitrogen and oxygen atoms in total. The van der Waals surface area contributed by atoms with Crippen LogP contribution in [0.25, 0.3) is 0 Å². The first-order chi connectivity index (χ1) is 7.07. The van der Waals surface area contributed by atoms with Crippen molar-refractivity contribution >= 4 is 0 Å². The van der Waals surface area contributed by atoms with Crippen LogP contribution in [0.15, 0.2) is 24.3 Å². The van der Waals surface area contributed by atoms with Crippen molar-refractivity contribution in [1.82, 2.24) is 0 Å². The van der Waals surface area contributed by atoms with Crippen LogP contribution in [0.3, 0.4) is 0 Å². The predicted molar refractivity (Wildman–Crippen MR) is 60.0 cm³/mol. The van der Waals surface area contributed by atoms with E-state index in [1.54, 1.807) is 0 Å². The van der Waals surface area contributed by atoms with Gasteiger partial charge in [-0.15, -0.1) is 0 Å². The van der Waals surface area contributed by atoms with Gasteiger partial charge in [0.15, 0.2) is 0 Å². The Labute approximate surface area is 90.5 Å². The summed E-state index contributed by atoms with van der Waals surface area (Å²) < 4.78 is 12.7. The Morgan fingerprint density at radius 2 is 2.07 bits per heavy atom. The highest BCUT2D eigenvalue weighted by Crippen LogP contribution is 2.39. The molecular formula is C13H18FN. The maximum Gasteiger partial charge on any atom is 0.123 e. The predicted octanol–water partition coefficient (Wildman–Crippen LogP) is 2.89. The maximum atomic E-state index is 12.7. The molecule has 0 saturated heterocycles. The number of nitrogens with two attached hydrogens (primary N) is 1. The minimum absolute atomic E-state index is 0.160. The molecule has 0 aromatic heterocycles. The van der Waals surface area contributed by atoms with Gasteiger partial charge in [-0.3, -0.25) is 0 Å². The average Bonchev–Trinajstić information content (AvgIpc) is 2.50. The molecule has 1 fully saturated rings. The van der Waals surface area contributed by atoms with Gasteiger partial charge in [0.2, 0.25) is 0 Å². The molecule has 0 radical (unpaired) electrons. The van der Waals surface area contributed by atoms with Gasteiger partial charge in [-0.1, -0.05) is 19.1 Å². The van der Waals surface area contributed by atoms with Crippen molar-refractivity contribution in [1.29, 1.82) is 0 Å². The van der Waals surface area contributed by atoms with Crippen molar-refractivity contribution in [3.63, 3.8) is 0 Å². The Kier molecular flexibility index (Phi) is 2.79. The Balaban J connectivity index is 2.05. The summed E-state index contributed by atoms with van der Waals surface area (Å²) in [4.78, 5) is 0. The summed E-state index contributed by atoms with van der Waals surface area (Å²) in [6.45, 7) is 2.28. The van der Waals surface area contributed by atoms with E-state index in [0.717, 1.165) is 19.3 Å². The number of hydrogen-bond donors (Lipinski definition) is 1. The van der Waals surface area contributed by atoms with E-state index in [2.05, 4.69) is 6.92 Å². The maximum absolute atomic E-state index is 12.7. The van der Waals surface area contributed by atoms with Crippen molar-refractivity contribution in [2.75, 3.05) is 0 Å². The van der Waals surface area contributed by atoms with Gasteiger partial charge in [-0.05, 0) is 48.8 Å². The van der Waals surface area contributed by atoms with Crippen LogP contribution < -0.4 is 5.73 Å². The largest absolute Gasteiger partial charge is 0.328 e. The molecule has 1 aliphatic carbocycles. The molecule has 0 spiro atoms. The second kappa shape index (κ2) is 3.93. The van der Waals surface area contributed by atoms with Gasteiger partial charge >= 0.3 is 0 Å². The fourth-order valence-corrected chi connectivity index (χ4v) is 2.63. The molecule has 2 N–H and O–H groups in total. The molecule has 0 amide bonds. The summed E-state index contributed by atoms with van der Waals surface area (Å²) >= 11 is 0. The molecule has 1 saturated carbocycles. The van der Waals surface area contributed by atoms with E-state index in [1.165, 1.54) is 24.1 Å². The third-order valence-corrected chi connectivity index (χ3v) is 3.42. The van der Waals surface area contributed by atoms with E-state index in [4.69, 9.17) is 5.73 Å². The second-order valence-corrected chi connectivity index (χ2v) is 5.12. The lowest BCUT2D eigenvalue weighted by Crippen LogP contribution is -2.21. The molecule has 0 aliphatic heterocycles. The molecule has 1 aliphatic rings. The normalized spacial score (nSPS) is 30.7. The van der Waals surface area contributed by atoms with Crippen LogP contribution in [0.5, 0.6) is 0 Å². The highest BCUT2D eigenvalue weighted by molar-refractivity contribution is 5.18. The first kappa shape index (κ1) is 10.6. The standard InChI is InChI=1S/C13H18FN/c1-13(7-6-12(15)9-13)8-10-2-4-11(14)5-3-10/h2-5,12H,6-9,15H2,1H3. The van der Waals surface area contributed by atoms with E-state index < -0.39 is 0 Å². The van der Waals surface area contributed by atoms with E-state index in [-0.39, 0.29) is 5.82 Å². The van der Waals surface area contributed by atoms with Gasteiger partial charge in [-0.2, -0.15) is 0 Å². The number of benzene rings is 1. The van der Waals surface area contributed by atoms with E-state index in [0.29, 0.717) is 11.5 Å². The highest BCUT2D eigenvalue weighted by Gasteiger charge is 2.33. The third-order valence-electron chi connectivity index (χ3n) is 3.42. The lowest BCUT2D eigenvalue weighted by Gasteiger charge is -2.23. The summed E-state index contributed by atoms with van der Waals surface area (Å²) in [6, 6.07) is 7.19. The summed E-state index contributed by atoms with van der Waals surface area (Å²) in [5, 5.41) is 0. The monoisotopic (exact) mass is 207 g/mol. The Morgan fingerprint density at radius 3 is 2.60 bits per heavy atom. The van der Waals surface area contributed by atoms with Crippen LogP contribution in [-0.4, -0.2) is 6.04 Å². The van der Waals surface area contributed by atoms with Crippen LogP contribution >= 0.6 is 0 Å². The minimum Gasteiger partial charge on any atom is -0.328 e. The quantitative estimate of drug-likeness (QED) is 0.792. The zero-order chi connectivity index (χ0) is 10.9. The fraction of sp³-hybridized carbons (Fsp3) is 0.538. The van der Waals surface area contributed by atoms with Crippen molar-refractivity contribution < 1.29 is 4.39 Å². The molecule has 15 heavy (non-hydrogen) atoms. The zero-order valence-electron chi connectivity index (χ0n) is 9.17. The molecule has 1 aromatic carbocycles. The smallest absolute Gasteiger partial charge is 0.123 e. The van der Waals surface area contributed by atoms with Crippen LogP contribution in [-0.2, 0) is 6.42 Å². The van der Waals surface area contributed by atoms with Gasteiger partial charge in [0.25, 0.3) is 0 Å². The van der Waals surface area contributed by atoms with Crippen molar-refractivity contribution in [2.24, 2.45) is 11.1 Å². The summed E-state index contributed by atoms with van der Waals surface area (Å²) in [6.07, 6.45) is 4.41. The molecule has 1 aromatic rings. The summed E-state index contributed by atoms with van der Waals surface area (Å²) in [5.74, 6) is -0.160. The number of rotatable bonds is 2. The topological polar surface area (TPSA) is 26.0 Å². The van der Waals surface area contributed by atoms with Crippen LogP contribution in [0, 0.1) is 11.2 Å². The van der Waals surface area contributed by atoms with E-state index >= 15 is 0 Å². The Morgan fingerprint density at radius 1 is 1.40 bits per heavy atom. The summed E-state index contributed by atoms with van der Waals surface area (Å²) in [5.41, 5.74) is 7.46. The average molecular weight is 207 g/mol. The minimum atomic E-state index is -0.160. The molecule has 0 bridgehead atoms. The zero-order valence-corrected chi connectivity index (χ0v) is 9.17. The molecule has 2 unspecified atom stereocenters. The molecule has 2 rings (SSSR count). The lowest BCUT2D eigenvalue weighted by atomic mass is 9.82. The lowest BCUT2D eigenvalue weighted by molar-refractivity contribution is 0.329. The van der Waals surface area contributed by atoms with Gasteiger partial charge < -0.3 is 5.73 Å². The Hall–Kier alpha value is -0.890. The van der Waals surface area contributed by atoms with Crippen LogP contribution in [0.2, 0.25) is 0 Å². The van der Waals surface area contributed by atoms with Crippen LogP contribution in [0.1, 0.15) is 31.7 Å².